The zero-order valence-electron chi connectivity index (χ0n) is 10.6. The van der Waals surface area contributed by atoms with Crippen LogP contribution in [-0.2, 0) is 0 Å². The number of nitrogen functional groups attached to an aromatic ring is 1. The van der Waals surface area contributed by atoms with E-state index in [1.807, 2.05) is 0 Å². The molecule has 6 nitrogen and oxygen atoms in total. The number of hydrogen-bond acceptors (Lipinski definition) is 5. The molecule has 1 amide bonds. The number of nitrogens with two attached hydrogens (primary N) is 2. The number of hydrogen-bond donors (Lipinski definition) is 3. The maximum absolute atomic E-state index is 11.4. The van der Waals surface area contributed by atoms with Crippen molar-refractivity contribution in [2.45, 2.75) is 44.6 Å². The SMILES string of the molecule is CCC1(Nc2nc(N)ncc2C(N)=O)CCCC1. The van der Waals surface area contributed by atoms with Crippen LogP contribution >= 0.6 is 0 Å². The number of carbonyl (C=O) groups excluding carboxylic acids is 1. The summed E-state index contributed by atoms with van der Waals surface area (Å²) in [6.07, 6.45) is 6.89. The van der Waals surface area contributed by atoms with Crippen LogP contribution in [0.15, 0.2) is 6.20 Å². The van der Waals surface area contributed by atoms with E-state index in [2.05, 4.69) is 22.2 Å². The largest absolute Gasteiger partial charge is 0.368 e. The zero-order valence-corrected chi connectivity index (χ0v) is 10.6. The van der Waals surface area contributed by atoms with E-state index in [0.717, 1.165) is 19.3 Å². The van der Waals surface area contributed by atoms with E-state index in [-0.39, 0.29) is 11.5 Å². The monoisotopic (exact) mass is 249 g/mol. The van der Waals surface area contributed by atoms with Gasteiger partial charge in [-0.2, -0.15) is 4.98 Å². The summed E-state index contributed by atoms with van der Waals surface area (Å²) in [5.41, 5.74) is 11.2. The summed E-state index contributed by atoms with van der Waals surface area (Å²) in [6, 6.07) is 0. The minimum atomic E-state index is -0.540. The van der Waals surface area contributed by atoms with E-state index < -0.39 is 5.91 Å². The van der Waals surface area contributed by atoms with Gasteiger partial charge in [-0.25, -0.2) is 4.98 Å². The first kappa shape index (κ1) is 12.6. The zero-order chi connectivity index (χ0) is 13.2. The molecule has 1 aliphatic rings. The molecule has 1 aliphatic carbocycles. The van der Waals surface area contributed by atoms with Gasteiger partial charge in [0.25, 0.3) is 5.91 Å². The Hall–Kier alpha value is -1.85. The predicted octanol–water partition coefficient (Wildman–Crippen LogP) is 1.29. The van der Waals surface area contributed by atoms with E-state index in [4.69, 9.17) is 11.5 Å². The van der Waals surface area contributed by atoms with Crippen molar-refractivity contribution in [3.8, 4) is 0 Å². The number of anilines is 2. The van der Waals surface area contributed by atoms with E-state index in [1.54, 1.807) is 0 Å². The van der Waals surface area contributed by atoms with Crippen molar-refractivity contribution in [3.05, 3.63) is 11.8 Å². The minimum Gasteiger partial charge on any atom is -0.368 e. The summed E-state index contributed by atoms with van der Waals surface area (Å²) in [5.74, 6) is 0.0623. The third-order valence-corrected chi connectivity index (χ3v) is 3.69. The quantitative estimate of drug-likeness (QED) is 0.745. The molecular weight excluding hydrogens is 230 g/mol. The van der Waals surface area contributed by atoms with Gasteiger partial charge in [0.1, 0.15) is 5.82 Å². The fraction of sp³-hybridized carbons (Fsp3) is 0.583. The fourth-order valence-electron chi connectivity index (χ4n) is 2.54. The smallest absolute Gasteiger partial charge is 0.254 e. The number of primary amides is 1. The Morgan fingerprint density at radius 2 is 2.17 bits per heavy atom. The Morgan fingerprint density at radius 3 is 2.72 bits per heavy atom. The molecule has 1 fully saturated rings. The van der Waals surface area contributed by atoms with Crippen LogP contribution in [0.25, 0.3) is 0 Å². The molecule has 6 heteroatoms. The van der Waals surface area contributed by atoms with Gasteiger partial charge in [-0.3, -0.25) is 4.79 Å². The molecular formula is C12H19N5O. The van der Waals surface area contributed by atoms with Crippen LogP contribution < -0.4 is 16.8 Å². The number of nitrogens with zero attached hydrogens (tertiary/aromatic N) is 2. The first-order chi connectivity index (χ1) is 8.56. The van der Waals surface area contributed by atoms with Crippen LogP contribution in [-0.4, -0.2) is 21.4 Å². The Balaban J connectivity index is 2.32. The van der Waals surface area contributed by atoms with Gasteiger partial charge in [0.2, 0.25) is 5.95 Å². The molecule has 1 heterocycles. The lowest BCUT2D eigenvalue weighted by Gasteiger charge is -2.30. The highest BCUT2D eigenvalue weighted by atomic mass is 16.1. The Morgan fingerprint density at radius 1 is 1.50 bits per heavy atom. The van der Waals surface area contributed by atoms with E-state index >= 15 is 0 Å². The summed E-state index contributed by atoms with van der Waals surface area (Å²) < 4.78 is 0. The molecule has 2 rings (SSSR count). The molecule has 0 radical (unpaired) electrons. The van der Waals surface area contributed by atoms with Gasteiger partial charge in [0, 0.05) is 11.7 Å². The molecule has 0 unspecified atom stereocenters. The average molecular weight is 249 g/mol. The highest BCUT2D eigenvalue weighted by Crippen LogP contribution is 2.35. The summed E-state index contributed by atoms with van der Waals surface area (Å²) >= 11 is 0. The Kier molecular flexibility index (Phi) is 3.36. The first-order valence-electron chi connectivity index (χ1n) is 6.27. The number of nitrogens with one attached hydrogen (secondary N) is 1. The predicted molar refractivity (Wildman–Crippen MR) is 70.1 cm³/mol. The summed E-state index contributed by atoms with van der Waals surface area (Å²) in [4.78, 5) is 19.3. The third-order valence-electron chi connectivity index (χ3n) is 3.69. The van der Waals surface area contributed by atoms with Crippen molar-refractivity contribution in [2.24, 2.45) is 5.73 Å². The highest BCUT2D eigenvalue weighted by Gasteiger charge is 2.33. The van der Waals surface area contributed by atoms with Crippen molar-refractivity contribution in [3.63, 3.8) is 0 Å². The molecule has 1 aromatic heterocycles. The standard InChI is InChI=1S/C12H19N5O/c1-2-12(5-3-4-6-12)17-10-8(9(13)18)7-15-11(14)16-10/h7H,2-6H2,1H3,(H2,13,18)(H3,14,15,16,17). The fourth-order valence-corrected chi connectivity index (χ4v) is 2.54. The van der Waals surface area contributed by atoms with Gasteiger partial charge in [0.05, 0.1) is 5.56 Å². The maximum atomic E-state index is 11.4. The summed E-state index contributed by atoms with van der Waals surface area (Å²) in [5, 5.41) is 3.36. The van der Waals surface area contributed by atoms with E-state index in [0.29, 0.717) is 11.4 Å². The molecule has 0 aromatic carbocycles. The number of carbonyl (C=O) groups is 1. The summed E-state index contributed by atoms with van der Waals surface area (Å²) in [7, 11) is 0. The van der Waals surface area contributed by atoms with E-state index in [9.17, 15) is 4.79 Å². The van der Waals surface area contributed by atoms with Gasteiger partial charge in [-0.15, -0.1) is 0 Å². The van der Waals surface area contributed by atoms with Gasteiger partial charge in [0.15, 0.2) is 0 Å². The summed E-state index contributed by atoms with van der Waals surface area (Å²) in [6.45, 7) is 2.13. The number of rotatable bonds is 4. The van der Waals surface area contributed by atoms with Crippen molar-refractivity contribution < 1.29 is 4.79 Å². The topological polar surface area (TPSA) is 107 Å². The highest BCUT2D eigenvalue weighted by molar-refractivity contribution is 5.97. The van der Waals surface area contributed by atoms with Crippen LogP contribution in [0.4, 0.5) is 11.8 Å². The normalized spacial score (nSPS) is 17.6. The van der Waals surface area contributed by atoms with Crippen LogP contribution in [0.2, 0.25) is 0 Å². The molecule has 1 aromatic rings. The second-order valence-corrected chi connectivity index (χ2v) is 4.82. The van der Waals surface area contributed by atoms with Gasteiger partial charge >= 0.3 is 0 Å². The average Bonchev–Trinajstić information content (AvgIpc) is 2.78. The second kappa shape index (κ2) is 4.80. The lowest BCUT2D eigenvalue weighted by Crippen LogP contribution is -2.35. The minimum absolute atomic E-state index is 0.00495. The van der Waals surface area contributed by atoms with Crippen molar-refractivity contribution in [1.29, 1.82) is 0 Å². The molecule has 98 valence electrons. The molecule has 0 aliphatic heterocycles. The van der Waals surface area contributed by atoms with Crippen molar-refractivity contribution in [1.82, 2.24) is 9.97 Å². The van der Waals surface area contributed by atoms with Gasteiger partial charge in [-0.1, -0.05) is 19.8 Å². The third kappa shape index (κ3) is 2.37. The lowest BCUT2D eigenvalue weighted by atomic mass is 9.94. The molecule has 0 atom stereocenters. The molecule has 0 saturated heterocycles. The maximum Gasteiger partial charge on any atom is 0.254 e. The van der Waals surface area contributed by atoms with Crippen molar-refractivity contribution in [2.75, 3.05) is 11.1 Å². The van der Waals surface area contributed by atoms with Crippen molar-refractivity contribution >= 4 is 17.7 Å². The van der Waals surface area contributed by atoms with Crippen LogP contribution in [0.3, 0.4) is 0 Å². The molecule has 5 N–H and O–H groups in total. The van der Waals surface area contributed by atoms with Crippen LogP contribution in [0.5, 0.6) is 0 Å². The van der Waals surface area contributed by atoms with Crippen LogP contribution in [0, 0.1) is 0 Å². The molecule has 0 spiro atoms. The van der Waals surface area contributed by atoms with E-state index in [1.165, 1.54) is 19.0 Å². The first-order valence-corrected chi connectivity index (χ1v) is 6.27. The Labute approximate surface area is 106 Å². The van der Waals surface area contributed by atoms with Gasteiger partial charge < -0.3 is 16.8 Å². The Bertz CT molecular complexity index is 454. The molecule has 0 bridgehead atoms. The number of amides is 1. The second-order valence-electron chi connectivity index (χ2n) is 4.82. The van der Waals surface area contributed by atoms with Gasteiger partial charge in [-0.05, 0) is 19.3 Å². The molecule has 1 saturated carbocycles. The van der Waals surface area contributed by atoms with Crippen LogP contribution in [0.1, 0.15) is 49.4 Å². The number of aromatic nitrogens is 2. The lowest BCUT2D eigenvalue weighted by molar-refractivity contribution is 0.100. The molecule has 18 heavy (non-hydrogen) atoms.